The van der Waals surface area contributed by atoms with E-state index in [0.29, 0.717) is 21.7 Å². The molecule has 0 bridgehead atoms. The van der Waals surface area contributed by atoms with Crippen molar-refractivity contribution in [1.29, 1.82) is 0 Å². The molecule has 1 N–H and O–H groups in total. The Labute approximate surface area is 147 Å². The molecule has 1 saturated heterocycles. The largest absolute Gasteiger partial charge is 0.331 e. The molecule has 1 heterocycles. The fourth-order valence-corrected chi connectivity index (χ4v) is 4.98. The lowest BCUT2D eigenvalue weighted by Crippen LogP contribution is -2.47. The molecule has 5 heteroatoms. The van der Waals surface area contributed by atoms with Gasteiger partial charge >= 0.3 is 0 Å². The van der Waals surface area contributed by atoms with Crippen LogP contribution in [-0.2, 0) is 0 Å². The Morgan fingerprint density at radius 3 is 2.43 bits per heavy atom. The number of nitrogens with zero attached hydrogens (tertiary/aromatic N) is 1. The Bertz CT molecular complexity index is 603. The van der Waals surface area contributed by atoms with E-state index in [-0.39, 0.29) is 11.9 Å². The van der Waals surface area contributed by atoms with Gasteiger partial charge in [-0.15, -0.1) is 0 Å². The summed E-state index contributed by atoms with van der Waals surface area (Å²) in [5, 5.41) is 4.23. The first-order valence-corrected chi connectivity index (χ1v) is 9.38. The van der Waals surface area contributed by atoms with Crippen molar-refractivity contribution in [2.24, 2.45) is 11.8 Å². The molecule has 1 amide bonds. The van der Waals surface area contributed by atoms with Gasteiger partial charge in [0.1, 0.15) is 0 Å². The SMILES string of the molecule is O=C(c1cccc(Cl)c1Cl)N(C1CC2CCC2C1)[C@H]1CCNC1. The van der Waals surface area contributed by atoms with Crippen molar-refractivity contribution in [3.05, 3.63) is 33.8 Å². The van der Waals surface area contributed by atoms with Gasteiger partial charge in [0.15, 0.2) is 0 Å². The minimum absolute atomic E-state index is 0.0532. The third-order valence-electron chi connectivity index (χ3n) is 5.96. The molecule has 2 unspecified atom stereocenters. The average molecular weight is 353 g/mol. The predicted octanol–water partition coefficient (Wildman–Crippen LogP) is 3.99. The van der Waals surface area contributed by atoms with Crippen LogP contribution in [0.15, 0.2) is 18.2 Å². The van der Waals surface area contributed by atoms with Crippen LogP contribution in [0.4, 0.5) is 0 Å². The van der Waals surface area contributed by atoms with Crippen molar-refractivity contribution in [2.75, 3.05) is 13.1 Å². The van der Waals surface area contributed by atoms with Crippen molar-refractivity contribution >= 4 is 29.1 Å². The Kier molecular flexibility index (Phi) is 4.29. The number of halogens is 2. The molecule has 0 radical (unpaired) electrons. The predicted molar refractivity (Wildman–Crippen MR) is 93.1 cm³/mol. The summed E-state index contributed by atoms with van der Waals surface area (Å²) < 4.78 is 0. The summed E-state index contributed by atoms with van der Waals surface area (Å²) in [5.74, 6) is 1.72. The van der Waals surface area contributed by atoms with Crippen molar-refractivity contribution < 1.29 is 4.79 Å². The van der Waals surface area contributed by atoms with E-state index in [0.717, 1.165) is 44.2 Å². The summed E-state index contributed by atoms with van der Waals surface area (Å²) >= 11 is 12.4. The first kappa shape index (κ1) is 15.7. The lowest BCUT2D eigenvalue weighted by atomic mass is 9.77. The molecule has 3 fully saturated rings. The zero-order valence-electron chi connectivity index (χ0n) is 13.1. The van der Waals surface area contributed by atoms with Crippen molar-refractivity contribution in [3.63, 3.8) is 0 Å². The smallest absolute Gasteiger partial charge is 0.255 e. The maximum atomic E-state index is 13.3. The van der Waals surface area contributed by atoms with Crippen LogP contribution in [0, 0.1) is 11.8 Å². The maximum absolute atomic E-state index is 13.3. The summed E-state index contributed by atoms with van der Waals surface area (Å²) in [4.78, 5) is 15.4. The third-order valence-corrected chi connectivity index (χ3v) is 6.78. The summed E-state index contributed by atoms with van der Waals surface area (Å²) in [5.41, 5.74) is 0.547. The van der Waals surface area contributed by atoms with E-state index in [1.165, 1.54) is 12.8 Å². The number of hydrogen-bond acceptors (Lipinski definition) is 2. The van der Waals surface area contributed by atoms with Gasteiger partial charge in [0.05, 0.1) is 15.6 Å². The molecule has 124 valence electrons. The third kappa shape index (κ3) is 2.77. The number of hydrogen-bond donors (Lipinski definition) is 1. The van der Waals surface area contributed by atoms with Crippen LogP contribution in [-0.4, -0.2) is 36.0 Å². The molecule has 2 saturated carbocycles. The van der Waals surface area contributed by atoms with Crippen LogP contribution in [0.1, 0.15) is 42.5 Å². The highest BCUT2D eigenvalue weighted by atomic mass is 35.5. The highest BCUT2D eigenvalue weighted by Gasteiger charge is 2.45. The molecule has 3 nitrogen and oxygen atoms in total. The fraction of sp³-hybridized carbons (Fsp3) is 0.611. The number of carbonyl (C=O) groups is 1. The lowest BCUT2D eigenvalue weighted by molar-refractivity contribution is 0.0590. The molecule has 1 aliphatic heterocycles. The van der Waals surface area contributed by atoms with Crippen LogP contribution in [0.2, 0.25) is 10.0 Å². The van der Waals surface area contributed by atoms with E-state index in [4.69, 9.17) is 23.2 Å². The number of nitrogens with one attached hydrogen (secondary N) is 1. The zero-order valence-corrected chi connectivity index (χ0v) is 14.6. The second kappa shape index (κ2) is 6.27. The number of carbonyl (C=O) groups excluding carboxylic acids is 1. The van der Waals surface area contributed by atoms with E-state index in [1.54, 1.807) is 12.1 Å². The molecular weight excluding hydrogens is 331 g/mol. The highest BCUT2D eigenvalue weighted by Crippen LogP contribution is 2.49. The Balaban J connectivity index is 1.64. The number of amides is 1. The van der Waals surface area contributed by atoms with Gasteiger partial charge in [-0.25, -0.2) is 0 Å². The molecule has 1 aromatic rings. The van der Waals surface area contributed by atoms with Crippen molar-refractivity contribution in [2.45, 2.75) is 44.2 Å². The summed E-state index contributed by atoms with van der Waals surface area (Å²) in [6, 6.07) is 5.98. The Morgan fingerprint density at radius 1 is 1.09 bits per heavy atom. The molecule has 1 aromatic carbocycles. The average Bonchev–Trinajstić information content (AvgIpc) is 3.13. The topological polar surface area (TPSA) is 32.3 Å². The first-order chi connectivity index (χ1) is 11.1. The number of benzene rings is 1. The monoisotopic (exact) mass is 352 g/mol. The molecule has 23 heavy (non-hydrogen) atoms. The fourth-order valence-electron chi connectivity index (χ4n) is 4.60. The number of rotatable bonds is 3. The molecule has 4 rings (SSSR count). The van der Waals surface area contributed by atoms with Crippen LogP contribution >= 0.6 is 23.2 Å². The van der Waals surface area contributed by atoms with Gasteiger partial charge in [0.2, 0.25) is 0 Å². The van der Waals surface area contributed by atoms with Gasteiger partial charge in [-0.05, 0) is 62.6 Å². The molecule has 0 spiro atoms. The van der Waals surface area contributed by atoms with Gasteiger partial charge in [-0.1, -0.05) is 29.3 Å². The minimum atomic E-state index is 0.0532. The quantitative estimate of drug-likeness (QED) is 0.891. The molecule has 0 aromatic heterocycles. The van der Waals surface area contributed by atoms with Gasteiger partial charge in [0, 0.05) is 18.6 Å². The normalized spacial score (nSPS) is 32.4. The van der Waals surface area contributed by atoms with Gasteiger partial charge in [-0.3, -0.25) is 4.79 Å². The van der Waals surface area contributed by atoms with E-state index in [9.17, 15) is 4.79 Å². The van der Waals surface area contributed by atoms with Gasteiger partial charge in [0.25, 0.3) is 5.91 Å². The van der Waals surface area contributed by atoms with E-state index in [2.05, 4.69) is 10.2 Å². The maximum Gasteiger partial charge on any atom is 0.255 e. The van der Waals surface area contributed by atoms with Crippen LogP contribution < -0.4 is 5.32 Å². The highest BCUT2D eigenvalue weighted by molar-refractivity contribution is 6.43. The summed E-state index contributed by atoms with van der Waals surface area (Å²) in [6.07, 6.45) is 6.01. The molecule has 3 aliphatic rings. The summed E-state index contributed by atoms with van der Waals surface area (Å²) in [6.45, 7) is 1.87. The second-order valence-corrected chi connectivity index (χ2v) is 7.97. The Hall–Kier alpha value is -0.770. The van der Waals surface area contributed by atoms with Crippen molar-refractivity contribution in [3.8, 4) is 0 Å². The zero-order chi connectivity index (χ0) is 16.0. The van der Waals surface area contributed by atoms with Gasteiger partial charge < -0.3 is 10.2 Å². The molecule has 2 aliphatic carbocycles. The van der Waals surface area contributed by atoms with Crippen molar-refractivity contribution in [1.82, 2.24) is 10.2 Å². The van der Waals surface area contributed by atoms with E-state index in [1.807, 2.05) is 6.07 Å². The number of fused-ring (bicyclic) bond motifs is 1. The van der Waals surface area contributed by atoms with E-state index < -0.39 is 0 Å². The molecule has 3 atom stereocenters. The van der Waals surface area contributed by atoms with E-state index >= 15 is 0 Å². The Morgan fingerprint density at radius 2 is 1.83 bits per heavy atom. The molecular formula is C18H22Cl2N2O. The van der Waals surface area contributed by atoms with Crippen LogP contribution in [0.3, 0.4) is 0 Å². The summed E-state index contributed by atoms with van der Waals surface area (Å²) in [7, 11) is 0. The van der Waals surface area contributed by atoms with Gasteiger partial charge in [-0.2, -0.15) is 0 Å². The van der Waals surface area contributed by atoms with Crippen LogP contribution in [0.25, 0.3) is 0 Å². The standard InChI is InChI=1S/C18H22Cl2N2O/c19-16-3-1-2-15(17(16)20)18(23)22(13-6-7-21-10-13)14-8-11-4-5-12(11)9-14/h1-3,11-14,21H,4-10H2/t11?,12?,13-,14?/m0/s1. The minimum Gasteiger partial charge on any atom is -0.331 e. The van der Waals surface area contributed by atoms with Crippen LogP contribution in [0.5, 0.6) is 0 Å². The lowest BCUT2D eigenvalue weighted by Gasteiger charge is -2.34. The second-order valence-electron chi connectivity index (χ2n) is 7.18. The first-order valence-electron chi connectivity index (χ1n) is 8.62.